The van der Waals surface area contributed by atoms with E-state index in [2.05, 4.69) is 10.2 Å². The smallest absolute Gasteiger partial charge is 0.220 e. The summed E-state index contributed by atoms with van der Waals surface area (Å²) in [6.45, 7) is 2.46. The number of rotatable bonds is 4. The van der Waals surface area contributed by atoms with Gasteiger partial charge < -0.3 is 10.2 Å². The van der Waals surface area contributed by atoms with Crippen molar-refractivity contribution in [2.24, 2.45) is 5.92 Å². The van der Waals surface area contributed by atoms with Gasteiger partial charge in [-0.05, 0) is 57.5 Å². The molecule has 90 valence electrons. The van der Waals surface area contributed by atoms with Crippen LogP contribution in [-0.2, 0) is 4.79 Å². The van der Waals surface area contributed by atoms with Gasteiger partial charge in [0.2, 0.25) is 5.91 Å². The second kappa shape index (κ2) is 4.36. The van der Waals surface area contributed by atoms with Crippen LogP contribution in [0.3, 0.4) is 0 Å². The molecule has 1 N–H and O–H groups in total. The highest BCUT2D eigenvalue weighted by molar-refractivity contribution is 5.76. The van der Waals surface area contributed by atoms with E-state index in [0.717, 1.165) is 12.5 Å². The van der Waals surface area contributed by atoms with Crippen molar-refractivity contribution >= 4 is 5.91 Å². The van der Waals surface area contributed by atoms with Gasteiger partial charge in [0.05, 0.1) is 0 Å². The Morgan fingerprint density at radius 1 is 1.06 bits per heavy atom. The van der Waals surface area contributed by atoms with Crippen molar-refractivity contribution < 1.29 is 4.79 Å². The molecule has 0 spiro atoms. The molecular formula is C13H22N2O. The van der Waals surface area contributed by atoms with E-state index >= 15 is 0 Å². The molecule has 1 aliphatic heterocycles. The first kappa shape index (κ1) is 10.6. The Kier molecular flexibility index (Phi) is 2.88. The van der Waals surface area contributed by atoms with Crippen molar-refractivity contribution in [3.8, 4) is 0 Å². The summed E-state index contributed by atoms with van der Waals surface area (Å²) in [5.74, 6) is 0.945. The monoisotopic (exact) mass is 222 g/mol. The van der Waals surface area contributed by atoms with Gasteiger partial charge in [0.1, 0.15) is 0 Å². The van der Waals surface area contributed by atoms with E-state index in [1.165, 1.54) is 51.6 Å². The largest absolute Gasteiger partial charge is 0.353 e. The van der Waals surface area contributed by atoms with E-state index in [4.69, 9.17) is 0 Å². The number of likely N-dealkylation sites (tertiary alicyclic amines) is 1. The number of hydrogen-bond donors (Lipinski definition) is 1. The van der Waals surface area contributed by atoms with Crippen LogP contribution < -0.4 is 5.32 Å². The summed E-state index contributed by atoms with van der Waals surface area (Å²) in [7, 11) is 0. The molecule has 2 aliphatic carbocycles. The minimum absolute atomic E-state index is 0.298. The van der Waals surface area contributed by atoms with Gasteiger partial charge in [-0.25, -0.2) is 0 Å². The van der Waals surface area contributed by atoms with E-state index < -0.39 is 0 Å². The molecule has 3 heteroatoms. The molecule has 0 radical (unpaired) electrons. The minimum Gasteiger partial charge on any atom is -0.353 e. The molecule has 3 fully saturated rings. The van der Waals surface area contributed by atoms with Crippen LogP contribution in [0.25, 0.3) is 0 Å². The zero-order chi connectivity index (χ0) is 11.0. The lowest BCUT2D eigenvalue weighted by Crippen LogP contribution is -2.37. The number of nitrogens with zero attached hydrogens (tertiary/aromatic N) is 1. The maximum absolute atomic E-state index is 11.7. The molecule has 3 nitrogen and oxygen atoms in total. The summed E-state index contributed by atoms with van der Waals surface area (Å²) in [6, 6.07) is 1.43. The normalized spacial score (nSPS) is 28.0. The molecule has 0 aromatic heterocycles. The Hall–Kier alpha value is -0.570. The fourth-order valence-electron chi connectivity index (χ4n) is 2.74. The lowest BCUT2D eigenvalue weighted by Gasteiger charge is -2.31. The number of nitrogens with one attached hydrogen (secondary N) is 1. The predicted octanol–water partition coefficient (Wildman–Crippen LogP) is 1.53. The van der Waals surface area contributed by atoms with Crippen molar-refractivity contribution in [1.82, 2.24) is 10.2 Å². The third-order valence-corrected chi connectivity index (χ3v) is 4.13. The van der Waals surface area contributed by atoms with E-state index in [-0.39, 0.29) is 0 Å². The molecule has 1 amide bonds. The van der Waals surface area contributed by atoms with Crippen LogP contribution in [0.4, 0.5) is 0 Å². The van der Waals surface area contributed by atoms with Gasteiger partial charge in [-0.2, -0.15) is 0 Å². The van der Waals surface area contributed by atoms with Crippen LogP contribution >= 0.6 is 0 Å². The summed E-state index contributed by atoms with van der Waals surface area (Å²) >= 11 is 0. The third-order valence-electron chi connectivity index (χ3n) is 4.13. The van der Waals surface area contributed by atoms with Crippen LogP contribution in [0.5, 0.6) is 0 Å². The minimum atomic E-state index is 0.298. The quantitative estimate of drug-likeness (QED) is 0.782. The molecule has 1 heterocycles. The van der Waals surface area contributed by atoms with Crippen molar-refractivity contribution in [2.45, 2.75) is 57.0 Å². The first-order valence-corrected chi connectivity index (χ1v) is 6.84. The molecule has 3 rings (SSSR count). The van der Waals surface area contributed by atoms with Gasteiger partial charge >= 0.3 is 0 Å². The molecule has 0 atom stereocenters. The SMILES string of the molecule is O=C(CC1CCN(C2CC2)CC1)NC1CC1. The zero-order valence-corrected chi connectivity index (χ0v) is 9.95. The van der Waals surface area contributed by atoms with E-state index in [9.17, 15) is 4.79 Å². The molecule has 1 saturated heterocycles. The number of hydrogen-bond acceptors (Lipinski definition) is 2. The number of carbonyl (C=O) groups excluding carboxylic acids is 1. The van der Waals surface area contributed by atoms with Gasteiger partial charge in [0.25, 0.3) is 0 Å². The zero-order valence-electron chi connectivity index (χ0n) is 9.95. The average Bonchev–Trinajstić information content (AvgIpc) is 3.13. The van der Waals surface area contributed by atoms with Gasteiger partial charge in [0.15, 0.2) is 0 Å². The second-order valence-electron chi connectivity index (χ2n) is 5.76. The first-order valence-electron chi connectivity index (χ1n) is 6.84. The lowest BCUT2D eigenvalue weighted by atomic mass is 9.93. The Balaban J connectivity index is 1.37. The highest BCUT2D eigenvalue weighted by Crippen LogP contribution is 2.31. The number of amides is 1. The summed E-state index contributed by atoms with van der Waals surface area (Å²) in [5.41, 5.74) is 0. The summed E-state index contributed by atoms with van der Waals surface area (Å²) in [6.07, 6.45) is 8.45. The maximum Gasteiger partial charge on any atom is 0.220 e. The topological polar surface area (TPSA) is 32.3 Å². The third kappa shape index (κ3) is 2.76. The lowest BCUT2D eigenvalue weighted by molar-refractivity contribution is -0.122. The van der Waals surface area contributed by atoms with Crippen molar-refractivity contribution in [3.63, 3.8) is 0 Å². The standard InChI is InChI=1S/C13H22N2O/c16-13(14-11-1-2-11)9-10-5-7-15(8-6-10)12-3-4-12/h10-12H,1-9H2,(H,14,16). The second-order valence-corrected chi connectivity index (χ2v) is 5.76. The number of piperidine rings is 1. The van der Waals surface area contributed by atoms with Crippen LogP contribution in [0.1, 0.15) is 44.9 Å². The molecule has 0 aromatic rings. The van der Waals surface area contributed by atoms with Crippen LogP contribution in [-0.4, -0.2) is 36.0 Å². The first-order chi connectivity index (χ1) is 7.81. The molecule has 2 saturated carbocycles. The highest BCUT2D eigenvalue weighted by Gasteiger charge is 2.32. The van der Waals surface area contributed by atoms with Crippen molar-refractivity contribution in [3.05, 3.63) is 0 Å². The Labute approximate surface area is 97.6 Å². The number of carbonyl (C=O) groups is 1. The van der Waals surface area contributed by atoms with Crippen LogP contribution in [0.2, 0.25) is 0 Å². The highest BCUT2D eigenvalue weighted by atomic mass is 16.1. The van der Waals surface area contributed by atoms with Gasteiger partial charge in [-0.15, -0.1) is 0 Å². The fraction of sp³-hybridized carbons (Fsp3) is 0.923. The Morgan fingerprint density at radius 3 is 2.31 bits per heavy atom. The predicted molar refractivity (Wildman–Crippen MR) is 63.1 cm³/mol. The van der Waals surface area contributed by atoms with E-state index in [1.807, 2.05) is 0 Å². The van der Waals surface area contributed by atoms with E-state index in [0.29, 0.717) is 17.9 Å². The molecule has 0 unspecified atom stereocenters. The molecule has 0 aromatic carbocycles. The van der Waals surface area contributed by atoms with E-state index in [1.54, 1.807) is 0 Å². The molecular weight excluding hydrogens is 200 g/mol. The van der Waals surface area contributed by atoms with Gasteiger partial charge in [-0.3, -0.25) is 4.79 Å². The maximum atomic E-state index is 11.7. The van der Waals surface area contributed by atoms with Gasteiger partial charge in [0, 0.05) is 18.5 Å². The van der Waals surface area contributed by atoms with Crippen LogP contribution in [0.15, 0.2) is 0 Å². The molecule has 0 bridgehead atoms. The van der Waals surface area contributed by atoms with Gasteiger partial charge in [-0.1, -0.05) is 0 Å². The summed E-state index contributed by atoms with van der Waals surface area (Å²) in [5, 5.41) is 3.09. The van der Waals surface area contributed by atoms with Crippen LogP contribution in [0, 0.1) is 5.92 Å². The fourth-order valence-corrected chi connectivity index (χ4v) is 2.74. The Morgan fingerprint density at radius 2 is 1.75 bits per heavy atom. The summed E-state index contributed by atoms with van der Waals surface area (Å²) < 4.78 is 0. The molecule has 3 aliphatic rings. The van der Waals surface area contributed by atoms with Crippen molar-refractivity contribution in [2.75, 3.05) is 13.1 Å². The van der Waals surface area contributed by atoms with Crippen molar-refractivity contribution in [1.29, 1.82) is 0 Å². The Bertz CT molecular complexity index is 263. The molecule has 16 heavy (non-hydrogen) atoms. The summed E-state index contributed by atoms with van der Waals surface area (Å²) in [4.78, 5) is 14.3. The average molecular weight is 222 g/mol.